The number of nitrogens with one attached hydrogen (secondary N) is 1. The van der Waals surface area contributed by atoms with E-state index in [2.05, 4.69) is 15.3 Å². The van der Waals surface area contributed by atoms with Crippen LogP contribution in [-0.2, 0) is 4.74 Å². The quantitative estimate of drug-likeness (QED) is 0.630. The lowest BCUT2D eigenvalue weighted by atomic mass is 10.1. The summed E-state index contributed by atoms with van der Waals surface area (Å²) in [6.07, 6.45) is 1.36. The largest absolute Gasteiger partial charge is 0.462 e. The maximum Gasteiger partial charge on any atom is 0.341 e. The van der Waals surface area contributed by atoms with E-state index in [9.17, 15) is 15.0 Å². The maximum absolute atomic E-state index is 11.6. The van der Waals surface area contributed by atoms with Crippen LogP contribution in [0, 0.1) is 6.92 Å². The predicted octanol–water partition coefficient (Wildman–Crippen LogP) is 0.117. The fraction of sp³-hybridized carbons (Fsp3) is 0.583. The smallest absolute Gasteiger partial charge is 0.341 e. The van der Waals surface area contributed by atoms with Crippen LogP contribution in [0.5, 0.6) is 0 Å². The van der Waals surface area contributed by atoms with Crippen LogP contribution in [0.4, 0.5) is 5.95 Å². The number of esters is 1. The van der Waals surface area contributed by atoms with Crippen LogP contribution in [-0.4, -0.2) is 51.5 Å². The third-order valence-electron chi connectivity index (χ3n) is 2.59. The van der Waals surface area contributed by atoms with Crippen molar-refractivity contribution in [3.63, 3.8) is 0 Å². The van der Waals surface area contributed by atoms with E-state index in [0.29, 0.717) is 11.3 Å². The molecule has 3 N–H and O–H groups in total. The molecule has 0 radical (unpaired) electrons. The fourth-order valence-corrected chi connectivity index (χ4v) is 1.34. The summed E-state index contributed by atoms with van der Waals surface area (Å²) in [6, 6.07) is 0. The van der Waals surface area contributed by atoms with Gasteiger partial charge in [0.15, 0.2) is 0 Å². The number of hydrogen-bond donors (Lipinski definition) is 3. The zero-order valence-corrected chi connectivity index (χ0v) is 11.3. The molecule has 0 aliphatic carbocycles. The Morgan fingerprint density at radius 2 is 2.11 bits per heavy atom. The SMILES string of the molecule is CCOC(=O)c1cnc(NC(C)(CO)CO)nc1C. The van der Waals surface area contributed by atoms with E-state index in [1.54, 1.807) is 20.8 Å². The van der Waals surface area contributed by atoms with Gasteiger partial charge in [0.05, 0.1) is 36.6 Å². The number of anilines is 1. The average molecular weight is 269 g/mol. The first-order valence-electron chi connectivity index (χ1n) is 5.96. The molecule has 19 heavy (non-hydrogen) atoms. The molecular formula is C12H19N3O4. The van der Waals surface area contributed by atoms with Crippen molar-refractivity contribution < 1.29 is 19.7 Å². The second-order valence-corrected chi connectivity index (χ2v) is 4.42. The fourth-order valence-electron chi connectivity index (χ4n) is 1.34. The van der Waals surface area contributed by atoms with Crippen LogP contribution in [0.2, 0.25) is 0 Å². The highest BCUT2D eigenvalue weighted by Gasteiger charge is 2.23. The molecule has 0 unspecified atom stereocenters. The summed E-state index contributed by atoms with van der Waals surface area (Å²) in [5, 5.41) is 21.2. The van der Waals surface area contributed by atoms with Gasteiger partial charge in [-0.15, -0.1) is 0 Å². The van der Waals surface area contributed by atoms with Gasteiger partial charge in [-0.25, -0.2) is 14.8 Å². The van der Waals surface area contributed by atoms with Gasteiger partial charge in [0.1, 0.15) is 0 Å². The molecule has 0 saturated carbocycles. The molecule has 0 saturated heterocycles. The highest BCUT2D eigenvalue weighted by Crippen LogP contribution is 2.13. The summed E-state index contributed by atoms with van der Waals surface area (Å²) in [5.41, 5.74) is -0.158. The monoisotopic (exact) mass is 269 g/mol. The number of aryl methyl sites for hydroxylation is 1. The first kappa shape index (κ1) is 15.3. The second kappa shape index (κ2) is 6.44. The Balaban J connectivity index is 2.91. The Hall–Kier alpha value is -1.73. The van der Waals surface area contributed by atoms with Crippen molar-refractivity contribution in [2.45, 2.75) is 26.3 Å². The topological polar surface area (TPSA) is 105 Å². The minimum Gasteiger partial charge on any atom is -0.462 e. The number of aromatic nitrogens is 2. The Labute approximate surface area is 111 Å². The first-order chi connectivity index (χ1) is 8.95. The Morgan fingerprint density at radius 1 is 1.47 bits per heavy atom. The van der Waals surface area contributed by atoms with Crippen LogP contribution in [0.15, 0.2) is 6.20 Å². The van der Waals surface area contributed by atoms with Gasteiger partial charge in [-0.3, -0.25) is 0 Å². The Kier molecular flexibility index (Phi) is 5.20. The van der Waals surface area contributed by atoms with Gasteiger partial charge in [0.2, 0.25) is 5.95 Å². The third kappa shape index (κ3) is 3.87. The van der Waals surface area contributed by atoms with Gasteiger partial charge < -0.3 is 20.3 Å². The summed E-state index contributed by atoms with van der Waals surface area (Å²) >= 11 is 0. The molecule has 1 heterocycles. The van der Waals surface area contributed by atoms with Crippen LogP contribution in [0.25, 0.3) is 0 Å². The van der Waals surface area contributed by atoms with Crippen molar-refractivity contribution >= 4 is 11.9 Å². The molecule has 0 aromatic carbocycles. The number of aliphatic hydroxyl groups is 2. The van der Waals surface area contributed by atoms with E-state index >= 15 is 0 Å². The number of rotatable bonds is 6. The standard InChI is InChI=1S/C12H19N3O4/c1-4-19-10(18)9-5-13-11(14-8(9)2)15-12(3,6-16)7-17/h5,16-17H,4,6-7H2,1-3H3,(H,13,14,15). The molecule has 7 heteroatoms. The van der Waals surface area contributed by atoms with Crippen molar-refractivity contribution in [2.24, 2.45) is 0 Å². The molecule has 1 rings (SSSR count). The van der Waals surface area contributed by atoms with E-state index in [-0.39, 0.29) is 25.8 Å². The summed E-state index contributed by atoms with van der Waals surface area (Å²) in [6.45, 7) is 4.75. The second-order valence-electron chi connectivity index (χ2n) is 4.42. The number of carbonyl (C=O) groups is 1. The van der Waals surface area contributed by atoms with E-state index in [4.69, 9.17) is 4.74 Å². The summed E-state index contributed by atoms with van der Waals surface area (Å²) in [4.78, 5) is 19.7. The predicted molar refractivity (Wildman–Crippen MR) is 68.9 cm³/mol. The lowest BCUT2D eigenvalue weighted by Crippen LogP contribution is -2.43. The van der Waals surface area contributed by atoms with Crippen molar-refractivity contribution in [1.29, 1.82) is 0 Å². The summed E-state index contributed by atoms with van der Waals surface area (Å²) in [7, 11) is 0. The van der Waals surface area contributed by atoms with E-state index in [0.717, 1.165) is 0 Å². The Bertz CT molecular complexity index is 447. The van der Waals surface area contributed by atoms with Gasteiger partial charge in [-0.1, -0.05) is 0 Å². The summed E-state index contributed by atoms with van der Waals surface area (Å²) in [5.74, 6) is -0.241. The molecule has 0 aliphatic rings. The molecule has 0 aliphatic heterocycles. The van der Waals surface area contributed by atoms with Crippen molar-refractivity contribution in [1.82, 2.24) is 9.97 Å². The molecule has 0 bridgehead atoms. The molecule has 7 nitrogen and oxygen atoms in total. The van der Waals surface area contributed by atoms with Gasteiger partial charge in [0.25, 0.3) is 0 Å². The molecule has 106 valence electrons. The molecule has 1 aromatic rings. The zero-order valence-electron chi connectivity index (χ0n) is 11.3. The van der Waals surface area contributed by atoms with Crippen LogP contribution < -0.4 is 5.32 Å². The first-order valence-corrected chi connectivity index (χ1v) is 5.96. The number of nitrogens with zero attached hydrogens (tertiary/aromatic N) is 2. The van der Waals surface area contributed by atoms with Gasteiger partial charge in [-0.2, -0.15) is 0 Å². The zero-order chi connectivity index (χ0) is 14.5. The van der Waals surface area contributed by atoms with Crippen molar-refractivity contribution in [3.05, 3.63) is 17.5 Å². The van der Waals surface area contributed by atoms with E-state index in [1.165, 1.54) is 6.20 Å². The van der Waals surface area contributed by atoms with Gasteiger partial charge in [0, 0.05) is 6.20 Å². The molecule has 0 spiro atoms. The molecule has 0 amide bonds. The van der Waals surface area contributed by atoms with Gasteiger partial charge >= 0.3 is 5.97 Å². The normalized spacial score (nSPS) is 11.2. The van der Waals surface area contributed by atoms with Crippen molar-refractivity contribution in [3.8, 4) is 0 Å². The van der Waals surface area contributed by atoms with Crippen LogP contribution in [0.1, 0.15) is 29.9 Å². The Morgan fingerprint density at radius 3 is 2.58 bits per heavy atom. The molecule has 0 fully saturated rings. The van der Waals surface area contributed by atoms with Crippen molar-refractivity contribution in [2.75, 3.05) is 25.1 Å². The number of carbonyl (C=O) groups excluding carboxylic acids is 1. The number of ether oxygens (including phenoxy) is 1. The lowest BCUT2D eigenvalue weighted by molar-refractivity contribution is 0.0524. The minimum absolute atomic E-state index is 0.233. The average Bonchev–Trinajstić information content (AvgIpc) is 2.39. The number of aliphatic hydroxyl groups excluding tert-OH is 2. The summed E-state index contributed by atoms with van der Waals surface area (Å²) < 4.78 is 4.87. The third-order valence-corrected chi connectivity index (χ3v) is 2.59. The van der Waals surface area contributed by atoms with Crippen LogP contribution >= 0.6 is 0 Å². The van der Waals surface area contributed by atoms with Crippen LogP contribution in [0.3, 0.4) is 0 Å². The molecular weight excluding hydrogens is 250 g/mol. The number of hydrogen-bond acceptors (Lipinski definition) is 7. The maximum atomic E-state index is 11.6. The molecule has 0 atom stereocenters. The molecule has 1 aromatic heterocycles. The van der Waals surface area contributed by atoms with Gasteiger partial charge in [-0.05, 0) is 20.8 Å². The van der Waals surface area contributed by atoms with E-state index < -0.39 is 11.5 Å². The lowest BCUT2D eigenvalue weighted by Gasteiger charge is -2.26. The minimum atomic E-state index is -0.919. The van der Waals surface area contributed by atoms with E-state index in [1.807, 2.05) is 0 Å². The highest BCUT2D eigenvalue weighted by atomic mass is 16.5. The highest BCUT2D eigenvalue weighted by molar-refractivity contribution is 5.90.